The van der Waals surface area contributed by atoms with Gasteiger partial charge in [0.15, 0.2) is 0 Å². The van der Waals surface area contributed by atoms with Gasteiger partial charge in [-0.3, -0.25) is 4.79 Å². The van der Waals surface area contributed by atoms with Crippen LogP contribution in [-0.4, -0.2) is 44.2 Å². The fourth-order valence-corrected chi connectivity index (χ4v) is 1.04. The average molecular weight is 170 g/mol. The number of ether oxygens (including phenoxy) is 1. The topological polar surface area (TPSA) is 41.6 Å². The normalized spacial score (nSPS) is 18.2. The van der Waals surface area contributed by atoms with Crippen LogP contribution in [0.15, 0.2) is 12.3 Å². The van der Waals surface area contributed by atoms with E-state index < -0.39 is 0 Å². The highest BCUT2D eigenvalue weighted by Crippen LogP contribution is 1.97. The van der Waals surface area contributed by atoms with Crippen LogP contribution < -0.4 is 5.32 Å². The van der Waals surface area contributed by atoms with Gasteiger partial charge in [0.2, 0.25) is 5.91 Å². The Labute approximate surface area is 72.2 Å². The minimum Gasteiger partial charge on any atom is -0.394 e. The van der Waals surface area contributed by atoms with Gasteiger partial charge < -0.3 is 15.0 Å². The average Bonchev–Trinajstić information content (AvgIpc) is 2.15. The molecular formula is C8H14N2O2. The van der Waals surface area contributed by atoms with Gasteiger partial charge in [-0.15, -0.1) is 0 Å². The van der Waals surface area contributed by atoms with Crippen molar-refractivity contribution in [3.05, 3.63) is 12.3 Å². The largest absolute Gasteiger partial charge is 0.394 e. The van der Waals surface area contributed by atoms with E-state index in [2.05, 4.69) is 5.32 Å². The second-order valence-corrected chi connectivity index (χ2v) is 2.56. The van der Waals surface area contributed by atoms with E-state index in [0.717, 1.165) is 0 Å². The summed E-state index contributed by atoms with van der Waals surface area (Å²) in [5.41, 5.74) is 0. The molecule has 0 aromatic heterocycles. The third-order valence-corrected chi connectivity index (χ3v) is 1.72. The van der Waals surface area contributed by atoms with Crippen LogP contribution >= 0.6 is 0 Å². The summed E-state index contributed by atoms with van der Waals surface area (Å²) in [5, 5.41) is 2.78. The number of hydrogen-bond acceptors (Lipinski definition) is 3. The molecule has 0 saturated carbocycles. The number of amides is 1. The minimum atomic E-state index is 0.0488. The Morgan fingerprint density at radius 1 is 1.50 bits per heavy atom. The van der Waals surface area contributed by atoms with Gasteiger partial charge in [-0.1, -0.05) is 0 Å². The molecule has 0 aliphatic carbocycles. The van der Waals surface area contributed by atoms with Gasteiger partial charge in [-0.25, -0.2) is 0 Å². The van der Waals surface area contributed by atoms with E-state index in [1.165, 1.54) is 6.08 Å². The van der Waals surface area contributed by atoms with Crippen LogP contribution in [0, 0.1) is 0 Å². The summed E-state index contributed by atoms with van der Waals surface area (Å²) in [6, 6.07) is 0. The van der Waals surface area contributed by atoms with Gasteiger partial charge in [0.25, 0.3) is 0 Å². The summed E-state index contributed by atoms with van der Waals surface area (Å²) in [5.74, 6) is 0.0488. The van der Waals surface area contributed by atoms with Gasteiger partial charge in [0, 0.05) is 32.4 Å². The first-order valence-electron chi connectivity index (χ1n) is 4.05. The van der Waals surface area contributed by atoms with Crippen molar-refractivity contribution in [1.29, 1.82) is 0 Å². The van der Waals surface area contributed by atoms with Crippen LogP contribution in [-0.2, 0) is 9.53 Å². The molecule has 1 aliphatic rings. The van der Waals surface area contributed by atoms with Crippen molar-refractivity contribution in [2.24, 2.45) is 0 Å². The Kier molecular flexibility index (Phi) is 3.60. The van der Waals surface area contributed by atoms with Crippen LogP contribution in [0.5, 0.6) is 0 Å². The lowest BCUT2D eigenvalue weighted by Crippen LogP contribution is -2.39. The molecule has 0 atom stereocenters. The van der Waals surface area contributed by atoms with Crippen LogP contribution in [0.1, 0.15) is 0 Å². The van der Waals surface area contributed by atoms with E-state index in [0.29, 0.717) is 26.3 Å². The van der Waals surface area contributed by atoms with E-state index in [-0.39, 0.29) is 5.91 Å². The summed E-state index contributed by atoms with van der Waals surface area (Å²) >= 11 is 0. The molecule has 1 rings (SSSR count). The molecular weight excluding hydrogens is 156 g/mol. The van der Waals surface area contributed by atoms with Gasteiger partial charge in [0.05, 0.1) is 13.2 Å². The molecule has 1 aliphatic heterocycles. The quantitative estimate of drug-likeness (QED) is 0.572. The maximum atomic E-state index is 11.3. The third-order valence-electron chi connectivity index (χ3n) is 1.72. The molecule has 12 heavy (non-hydrogen) atoms. The molecule has 0 radical (unpaired) electrons. The Bertz CT molecular complexity index is 174. The summed E-state index contributed by atoms with van der Waals surface area (Å²) < 4.78 is 5.12. The molecule has 68 valence electrons. The predicted octanol–water partition coefficient (Wildman–Crippen LogP) is -0.422. The fourth-order valence-electron chi connectivity index (χ4n) is 1.04. The first kappa shape index (κ1) is 9.06. The van der Waals surface area contributed by atoms with E-state index in [9.17, 15) is 4.79 Å². The standard InChI is InChI=1S/C8H14N2O2/c1-9-3-2-8(11)10-4-6-12-7-5-10/h2-3,9H,4-7H2,1H3/b3-2-. The number of nitrogens with one attached hydrogen (secondary N) is 1. The van der Waals surface area contributed by atoms with Crippen LogP contribution in [0.25, 0.3) is 0 Å². The number of carbonyl (C=O) groups excluding carboxylic acids is 1. The molecule has 4 heteroatoms. The SMILES string of the molecule is CN/C=C\C(=O)N1CCOCC1. The maximum Gasteiger partial charge on any atom is 0.248 e. The highest BCUT2D eigenvalue weighted by molar-refractivity contribution is 5.87. The first-order chi connectivity index (χ1) is 5.84. The lowest BCUT2D eigenvalue weighted by molar-refractivity contribution is -0.129. The van der Waals surface area contributed by atoms with Gasteiger partial charge >= 0.3 is 0 Å². The molecule has 4 nitrogen and oxygen atoms in total. The predicted molar refractivity (Wildman–Crippen MR) is 45.6 cm³/mol. The molecule has 0 aromatic rings. The zero-order valence-electron chi connectivity index (χ0n) is 7.25. The van der Waals surface area contributed by atoms with E-state index >= 15 is 0 Å². The van der Waals surface area contributed by atoms with Crippen molar-refractivity contribution < 1.29 is 9.53 Å². The highest BCUT2D eigenvalue weighted by Gasteiger charge is 2.13. The molecule has 1 fully saturated rings. The molecule has 1 amide bonds. The summed E-state index contributed by atoms with van der Waals surface area (Å²) in [6.45, 7) is 2.71. The van der Waals surface area contributed by atoms with Crippen molar-refractivity contribution >= 4 is 5.91 Å². The van der Waals surface area contributed by atoms with Gasteiger partial charge in [-0.05, 0) is 0 Å². The first-order valence-corrected chi connectivity index (χ1v) is 4.05. The molecule has 0 aromatic carbocycles. The summed E-state index contributed by atoms with van der Waals surface area (Å²) in [6.07, 6.45) is 3.17. The van der Waals surface area contributed by atoms with E-state index in [4.69, 9.17) is 4.74 Å². The second kappa shape index (κ2) is 4.77. The highest BCUT2D eigenvalue weighted by atomic mass is 16.5. The number of morpholine rings is 1. The fraction of sp³-hybridized carbons (Fsp3) is 0.625. The summed E-state index contributed by atoms with van der Waals surface area (Å²) in [7, 11) is 1.77. The number of nitrogens with zero attached hydrogens (tertiary/aromatic N) is 1. The second-order valence-electron chi connectivity index (χ2n) is 2.56. The molecule has 0 bridgehead atoms. The maximum absolute atomic E-state index is 11.3. The molecule has 0 spiro atoms. The van der Waals surface area contributed by atoms with Crippen molar-refractivity contribution in [2.75, 3.05) is 33.4 Å². The van der Waals surface area contributed by atoms with Crippen molar-refractivity contribution in [3.8, 4) is 0 Å². The third kappa shape index (κ3) is 2.54. The van der Waals surface area contributed by atoms with Crippen molar-refractivity contribution in [1.82, 2.24) is 10.2 Å². The number of rotatable bonds is 2. The zero-order chi connectivity index (χ0) is 8.81. The van der Waals surface area contributed by atoms with Gasteiger partial charge in [0.1, 0.15) is 0 Å². The Morgan fingerprint density at radius 2 is 2.17 bits per heavy atom. The molecule has 1 saturated heterocycles. The van der Waals surface area contributed by atoms with Crippen LogP contribution in [0.2, 0.25) is 0 Å². The monoisotopic (exact) mass is 170 g/mol. The van der Waals surface area contributed by atoms with Crippen LogP contribution in [0.4, 0.5) is 0 Å². The Morgan fingerprint density at radius 3 is 2.75 bits per heavy atom. The van der Waals surface area contributed by atoms with Gasteiger partial charge in [-0.2, -0.15) is 0 Å². The number of carbonyl (C=O) groups is 1. The Hall–Kier alpha value is -1.03. The Balaban J connectivity index is 2.34. The van der Waals surface area contributed by atoms with E-state index in [1.807, 2.05) is 0 Å². The lowest BCUT2D eigenvalue weighted by Gasteiger charge is -2.25. The van der Waals surface area contributed by atoms with Crippen molar-refractivity contribution in [2.45, 2.75) is 0 Å². The smallest absolute Gasteiger partial charge is 0.248 e. The van der Waals surface area contributed by atoms with E-state index in [1.54, 1.807) is 18.1 Å². The number of hydrogen-bond donors (Lipinski definition) is 1. The van der Waals surface area contributed by atoms with Crippen molar-refractivity contribution in [3.63, 3.8) is 0 Å². The molecule has 1 N–H and O–H groups in total. The lowest BCUT2D eigenvalue weighted by atomic mass is 10.4. The molecule has 1 heterocycles. The summed E-state index contributed by atoms with van der Waals surface area (Å²) in [4.78, 5) is 13.1. The zero-order valence-corrected chi connectivity index (χ0v) is 7.25. The minimum absolute atomic E-state index is 0.0488. The molecule has 0 unspecified atom stereocenters. The van der Waals surface area contributed by atoms with Crippen LogP contribution in [0.3, 0.4) is 0 Å².